The van der Waals surface area contributed by atoms with Crippen LogP contribution in [0.3, 0.4) is 0 Å². The number of aromatic amines is 4. The number of halogens is 3. The molecule has 2 aromatic carbocycles. The Hall–Kier alpha value is -4.80. The van der Waals surface area contributed by atoms with E-state index < -0.39 is 7.12 Å². The van der Waals surface area contributed by atoms with Gasteiger partial charge in [-0.25, -0.2) is 0 Å². The van der Waals surface area contributed by atoms with E-state index in [9.17, 15) is 9.59 Å². The lowest BCUT2D eigenvalue weighted by molar-refractivity contribution is 0.426. The fourth-order valence-electron chi connectivity index (χ4n) is 5.51. The molecule has 56 heavy (non-hydrogen) atoms. The number of nitrogens with one attached hydrogen (secondary N) is 4. The van der Waals surface area contributed by atoms with E-state index in [0.717, 1.165) is 79.5 Å². The molecule has 0 saturated carbocycles. The van der Waals surface area contributed by atoms with E-state index in [1.165, 1.54) is 15.8 Å². The molecule has 0 atom stereocenters. The Bertz CT molecular complexity index is 2590. The lowest BCUT2D eigenvalue weighted by Crippen LogP contribution is -2.29. The first-order valence-corrected chi connectivity index (χ1v) is 20.4. The molecule has 0 fully saturated rings. The molecule has 10 nitrogen and oxygen atoms in total. The minimum Gasteiger partial charge on any atom is -0.423 e. The summed E-state index contributed by atoms with van der Waals surface area (Å²) in [6, 6.07) is 37.2. The molecule has 0 spiro atoms. The van der Waals surface area contributed by atoms with Gasteiger partial charge in [0.1, 0.15) is 0 Å². The van der Waals surface area contributed by atoms with Crippen LogP contribution >= 0.6 is 61.8 Å². The van der Waals surface area contributed by atoms with Gasteiger partial charge < -0.3 is 20.0 Å². The fourth-order valence-corrected chi connectivity index (χ4v) is 8.13. The maximum Gasteiger partial charge on any atom is 0.488 e. The van der Waals surface area contributed by atoms with E-state index in [4.69, 9.17) is 33.2 Å². The minimum absolute atomic E-state index is 0.140. The minimum atomic E-state index is -1.34. The summed E-state index contributed by atoms with van der Waals surface area (Å²) in [6.45, 7) is 0. The second-order valence-electron chi connectivity index (χ2n) is 12.3. The first kappa shape index (κ1) is 40.9. The first-order chi connectivity index (χ1) is 27.1. The highest BCUT2D eigenvalue weighted by Gasteiger charge is 2.10. The molecular weight excluding hydrogens is 854 g/mol. The van der Waals surface area contributed by atoms with Gasteiger partial charge in [-0.2, -0.15) is 10.2 Å². The van der Waals surface area contributed by atoms with E-state index in [0.29, 0.717) is 10.1 Å². The molecule has 0 aliphatic carbocycles. The zero-order chi connectivity index (χ0) is 39.4. The Morgan fingerprint density at radius 2 is 1.09 bits per heavy atom. The fraction of sp³-hybridized carbons (Fsp3) is 0.100. The van der Waals surface area contributed by atoms with Crippen molar-refractivity contribution in [1.29, 1.82) is 0 Å². The highest BCUT2D eigenvalue weighted by atomic mass is 79.9. The van der Waals surface area contributed by atoms with Crippen LogP contribution in [0.5, 0.6) is 0 Å². The number of pyridine rings is 2. The van der Waals surface area contributed by atoms with Crippen molar-refractivity contribution in [3.63, 3.8) is 0 Å². The molecule has 0 radical (unpaired) electrons. The van der Waals surface area contributed by atoms with Gasteiger partial charge in [0.05, 0.1) is 24.7 Å². The summed E-state index contributed by atoms with van der Waals surface area (Å²) >= 11 is 18.4. The number of benzene rings is 2. The number of aromatic nitrogens is 6. The highest BCUT2D eigenvalue weighted by Crippen LogP contribution is 2.26. The number of rotatable bonds is 10. The van der Waals surface area contributed by atoms with Crippen LogP contribution in [0, 0.1) is 0 Å². The van der Waals surface area contributed by atoms with Gasteiger partial charge in [0.25, 0.3) is 0 Å². The SMILES string of the molecule is O=c1cc(-c2cc(CCc3ccc(Cl)s3)[nH]n2)cc(-c2ccccc2)[nH]1.O=c1cc(-c2cc(CCc3ccc(Cl)s3)[nH]n2)cc(Br)[nH]1.OB(O)c1ccccc1. The van der Waals surface area contributed by atoms with Crippen molar-refractivity contribution in [3.8, 4) is 33.8 Å². The van der Waals surface area contributed by atoms with Crippen LogP contribution in [0.2, 0.25) is 8.67 Å². The number of nitrogens with zero attached hydrogens (tertiary/aromatic N) is 2. The number of aryl methyl sites for hydroxylation is 4. The van der Waals surface area contributed by atoms with Gasteiger partial charge in [-0.05, 0) is 101 Å². The summed E-state index contributed by atoms with van der Waals surface area (Å²) in [7, 11) is -1.34. The second-order valence-corrected chi connectivity index (χ2v) is 16.8. The van der Waals surface area contributed by atoms with Gasteiger partial charge in [-0.1, -0.05) is 83.9 Å². The third-order valence-electron chi connectivity index (χ3n) is 8.23. The summed E-state index contributed by atoms with van der Waals surface area (Å²) in [6.07, 6.45) is 3.52. The van der Waals surface area contributed by atoms with E-state index in [1.54, 1.807) is 53.0 Å². The smallest absolute Gasteiger partial charge is 0.423 e. The average molecular weight is 889 g/mol. The maximum atomic E-state index is 12.1. The first-order valence-electron chi connectivity index (χ1n) is 17.3. The van der Waals surface area contributed by atoms with Crippen molar-refractivity contribution in [2.24, 2.45) is 0 Å². The predicted octanol–water partition coefficient (Wildman–Crippen LogP) is 8.33. The Balaban J connectivity index is 0.000000158. The van der Waals surface area contributed by atoms with Crippen molar-refractivity contribution >= 4 is 74.4 Å². The molecule has 0 saturated heterocycles. The van der Waals surface area contributed by atoms with Crippen LogP contribution in [0.25, 0.3) is 33.8 Å². The third kappa shape index (κ3) is 12.1. The molecule has 0 unspecified atom stereocenters. The Morgan fingerprint density at radius 1 is 0.589 bits per heavy atom. The van der Waals surface area contributed by atoms with Crippen molar-refractivity contribution in [1.82, 2.24) is 30.4 Å². The monoisotopic (exact) mass is 886 g/mol. The molecule has 284 valence electrons. The zero-order valence-electron chi connectivity index (χ0n) is 29.5. The van der Waals surface area contributed by atoms with E-state index in [-0.39, 0.29) is 11.1 Å². The van der Waals surface area contributed by atoms with Gasteiger partial charge in [-0.3, -0.25) is 19.8 Å². The van der Waals surface area contributed by atoms with Gasteiger partial charge in [0.15, 0.2) is 0 Å². The quantitative estimate of drug-likeness (QED) is 0.0598. The third-order valence-corrected chi connectivity index (χ3v) is 11.2. The number of hydrogen-bond donors (Lipinski definition) is 6. The van der Waals surface area contributed by atoms with Crippen LogP contribution in [-0.4, -0.2) is 47.5 Å². The lowest BCUT2D eigenvalue weighted by atomic mass is 9.81. The molecule has 8 aromatic rings. The molecule has 0 amide bonds. The van der Waals surface area contributed by atoms with Crippen molar-refractivity contribution < 1.29 is 10.0 Å². The normalized spacial score (nSPS) is 10.7. The van der Waals surface area contributed by atoms with Crippen molar-refractivity contribution in [3.05, 3.63) is 176 Å². The molecule has 0 aliphatic heterocycles. The summed E-state index contributed by atoms with van der Waals surface area (Å²) in [5.74, 6) is 0. The molecule has 0 bridgehead atoms. The molecule has 6 N–H and O–H groups in total. The number of hydrogen-bond acceptors (Lipinski definition) is 8. The van der Waals surface area contributed by atoms with E-state index >= 15 is 0 Å². The Labute approximate surface area is 348 Å². The second kappa shape index (κ2) is 19.9. The van der Waals surface area contributed by atoms with Crippen molar-refractivity contribution in [2.75, 3.05) is 0 Å². The van der Waals surface area contributed by atoms with E-state index in [1.807, 2.05) is 84.9 Å². The zero-order valence-corrected chi connectivity index (χ0v) is 34.2. The van der Waals surface area contributed by atoms with Gasteiger partial charge in [0.2, 0.25) is 11.1 Å². The summed E-state index contributed by atoms with van der Waals surface area (Å²) in [4.78, 5) is 31.6. The molecule has 0 aliphatic rings. The molecule has 16 heteroatoms. The number of thiophene rings is 2. The molecule has 6 heterocycles. The topological polar surface area (TPSA) is 164 Å². The van der Waals surface area contributed by atoms with Crippen LogP contribution < -0.4 is 16.6 Å². The van der Waals surface area contributed by atoms with Crippen LogP contribution in [0.15, 0.2) is 136 Å². The average Bonchev–Trinajstić information content (AvgIpc) is 4.03. The van der Waals surface area contributed by atoms with Gasteiger partial charge in [-0.15, -0.1) is 22.7 Å². The molecule has 8 rings (SSSR count). The predicted molar refractivity (Wildman–Crippen MR) is 232 cm³/mol. The van der Waals surface area contributed by atoms with Crippen LogP contribution in [0.4, 0.5) is 0 Å². The number of H-pyrrole nitrogens is 4. The van der Waals surface area contributed by atoms with Gasteiger partial charge in [0, 0.05) is 50.1 Å². The maximum absolute atomic E-state index is 12.1. The van der Waals surface area contributed by atoms with Crippen LogP contribution in [-0.2, 0) is 25.7 Å². The summed E-state index contributed by atoms with van der Waals surface area (Å²) in [5.41, 5.74) is 7.17. The standard InChI is InChI=1S/C20H16ClN3OS.C14H11BrClN3OS.C6H7BO2/c21-19-9-8-16(26-19)7-6-15-12-18(24-23-15)14-10-17(22-20(25)11-14)13-4-2-1-3-5-13;15-12-5-8(6-14(20)17-12)11-7-9(18-19-11)1-2-10-3-4-13(16)21-10;8-7(9)6-4-2-1-3-5-6/h1-5,8-12H,6-7H2,(H,22,25)(H,23,24);3-7H,1-2H2,(H,17,20)(H,18,19);1-5,8-9H. The largest absolute Gasteiger partial charge is 0.488 e. The highest BCUT2D eigenvalue weighted by molar-refractivity contribution is 9.10. The lowest BCUT2D eigenvalue weighted by Gasteiger charge is -2.03. The van der Waals surface area contributed by atoms with Crippen molar-refractivity contribution in [2.45, 2.75) is 25.7 Å². The van der Waals surface area contributed by atoms with E-state index in [2.05, 4.69) is 46.3 Å². The van der Waals surface area contributed by atoms with Crippen LogP contribution in [0.1, 0.15) is 21.1 Å². The molecule has 6 aromatic heterocycles. The Morgan fingerprint density at radius 3 is 1.55 bits per heavy atom. The summed E-state index contributed by atoms with van der Waals surface area (Å²) < 4.78 is 2.26. The summed E-state index contributed by atoms with van der Waals surface area (Å²) in [5, 5.41) is 31.9. The Kier molecular flexibility index (Phi) is 14.5. The molecular formula is C40H34BBrCl2N6O4S2. The van der Waals surface area contributed by atoms with Gasteiger partial charge >= 0.3 is 7.12 Å².